The molecule has 0 saturated heterocycles. The van der Waals surface area contributed by atoms with Crippen molar-refractivity contribution in [2.75, 3.05) is 7.05 Å². The lowest BCUT2D eigenvalue weighted by Crippen LogP contribution is -2.23. The first-order chi connectivity index (χ1) is 9.63. The smallest absolute Gasteiger partial charge is 0.163 e. The van der Waals surface area contributed by atoms with E-state index in [4.69, 9.17) is 0 Å². The predicted octanol–water partition coefficient (Wildman–Crippen LogP) is 3.83. The van der Waals surface area contributed by atoms with Gasteiger partial charge in [0.15, 0.2) is 11.6 Å². The lowest BCUT2D eigenvalue weighted by atomic mass is 9.92. The minimum atomic E-state index is -0.684. The molecule has 0 amide bonds. The molecule has 2 bridgehead atoms. The third-order valence-corrected chi connectivity index (χ3v) is 6.13. The number of halogens is 2. The van der Waals surface area contributed by atoms with Crippen molar-refractivity contribution in [1.82, 2.24) is 5.32 Å². The van der Waals surface area contributed by atoms with Crippen molar-refractivity contribution in [3.05, 3.63) is 34.9 Å². The zero-order valence-electron chi connectivity index (χ0n) is 12.0. The fraction of sp³-hybridized carbons (Fsp3) is 0.647. The van der Waals surface area contributed by atoms with Gasteiger partial charge in [0.05, 0.1) is 0 Å². The van der Waals surface area contributed by atoms with E-state index in [2.05, 4.69) is 5.32 Å². The standard InChI is InChI=1S/C17H21F2N/c1-8-3-6-11(16(19)15(8)18)17(20-2)14-12-9-4-5-10(7-9)13(12)14/h3,6,9-10,12-14,17,20H,4-5,7H2,1-2H3. The van der Waals surface area contributed by atoms with Gasteiger partial charge in [-0.15, -0.1) is 0 Å². The van der Waals surface area contributed by atoms with Crippen LogP contribution in [0.4, 0.5) is 8.78 Å². The summed E-state index contributed by atoms with van der Waals surface area (Å²) in [5, 5.41) is 3.26. The van der Waals surface area contributed by atoms with Crippen molar-refractivity contribution in [1.29, 1.82) is 0 Å². The first-order valence-electron chi connectivity index (χ1n) is 7.75. The maximum absolute atomic E-state index is 14.3. The number of benzene rings is 1. The summed E-state index contributed by atoms with van der Waals surface area (Å²) in [4.78, 5) is 0. The first-order valence-corrected chi connectivity index (χ1v) is 7.75. The average Bonchev–Trinajstić information content (AvgIpc) is 2.86. The molecule has 20 heavy (non-hydrogen) atoms. The molecular formula is C17H21F2N. The molecule has 3 aliphatic rings. The van der Waals surface area contributed by atoms with Crippen LogP contribution < -0.4 is 5.32 Å². The molecule has 0 spiro atoms. The summed E-state index contributed by atoms with van der Waals surface area (Å²) < 4.78 is 28.1. The molecule has 5 atom stereocenters. The van der Waals surface area contributed by atoms with Gasteiger partial charge in [-0.05, 0) is 68.4 Å². The Hall–Kier alpha value is -0.960. The van der Waals surface area contributed by atoms with E-state index in [0.717, 1.165) is 23.7 Å². The molecule has 1 N–H and O–H groups in total. The Labute approximate surface area is 118 Å². The van der Waals surface area contributed by atoms with Gasteiger partial charge in [0.1, 0.15) is 0 Å². The molecule has 4 rings (SSSR count). The Morgan fingerprint density at radius 3 is 2.35 bits per heavy atom. The summed E-state index contributed by atoms with van der Waals surface area (Å²) in [6.07, 6.45) is 4.08. The maximum Gasteiger partial charge on any atom is 0.163 e. The van der Waals surface area contributed by atoms with Gasteiger partial charge in [-0.1, -0.05) is 12.1 Å². The van der Waals surface area contributed by atoms with E-state index in [1.165, 1.54) is 19.3 Å². The maximum atomic E-state index is 14.3. The van der Waals surface area contributed by atoms with Gasteiger partial charge >= 0.3 is 0 Å². The molecule has 0 radical (unpaired) electrons. The van der Waals surface area contributed by atoms with Crippen LogP contribution in [-0.2, 0) is 0 Å². The second-order valence-corrected chi connectivity index (χ2v) is 6.93. The highest BCUT2D eigenvalue weighted by Crippen LogP contribution is 2.72. The summed E-state index contributed by atoms with van der Waals surface area (Å²) in [7, 11) is 1.87. The van der Waals surface area contributed by atoms with E-state index < -0.39 is 11.6 Å². The Kier molecular flexibility index (Phi) is 2.72. The van der Waals surface area contributed by atoms with E-state index >= 15 is 0 Å². The Morgan fingerprint density at radius 2 is 1.75 bits per heavy atom. The molecule has 3 heteroatoms. The molecule has 108 valence electrons. The van der Waals surface area contributed by atoms with Gasteiger partial charge in [-0.2, -0.15) is 0 Å². The quantitative estimate of drug-likeness (QED) is 0.885. The molecule has 0 heterocycles. The van der Waals surface area contributed by atoms with E-state index in [9.17, 15) is 8.78 Å². The van der Waals surface area contributed by atoms with Gasteiger partial charge < -0.3 is 5.32 Å². The van der Waals surface area contributed by atoms with Crippen molar-refractivity contribution >= 4 is 0 Å². The molecule has 3 aliphatic carbocycles. The topological polar surface area (TPSA) is 12.0 Å². The molecule has 5 unspecified atom stereocenters. The summed E-state index contributed by atoms with van der Waals surface area (Å²) in [5.41, 5.74) is 0.909. The van der Waals surface area contributed by atoms with Gasteiger partial charge in [0, 0.05) is 11.6 Å². The highest BCUT2D eigenvalue weighted by molar-refractivity contribution is 5.31. The Bertz CT molecular complexity index is 540. The van der Waals surface area contributed by atoms with Gasteiger partial charge in [-0.3, -0.25) is 0 Å². The van der Waals surface area contributed by atoms with Crippen LogP contribution in [-0.4, -0.2) is 7.05 Å². The summed E-state index contributed by atoms with van der Waals surface area (Å²) in [6.45, 7) is 1.61. The molecule has 0 aromatic heterocycles. The molecule has 3 fully saturated rings. The second-order valence-electron chi connectivity index (χ2n) is 6.93. The number of hydrogen-bond acceptors (Lipinski definition) is 1. The molecule has 1 aromatic carbocycles. The van der Waals surface area contributed by atoms with Crippen LogP contribution in [0, 0.1) is 48.1 Å². The van der Waals surface area contributed by atoms with E-state index in [1.54, 1.807) is 19.1 Å². The van der Waals surface area contributed by atoms with Crippen LogP contribution in [0.5, 0.6) is 0 Å². The van der Waals surface area contributed by atoms with Crippen LogP contribution in [0.3, 0.4) is 0 Å². The van der Waals surface area contributed by atoms with Crippen molar-refractivity contribution in [3.8, 4) is 0 Å². The van der Waals surface area contributed by atoms with E-state index in [-0.39, 0.29) is 6.04 Å². The minimum absolute atomic E-state index is 0.0245. The van der Waals surface area contributed by atoms with Crippen LogP contribution in [0.2, 0.25) is 0 Å². The highest BCUT2D eigenvalue weighted by atomic mass is 19.2. The number of nitrogens with one attached hydrogen (secondary N) is 1. The largest absolute Gasteiger partial charge is 0.313 e. The van der Waals surface area contributed by atoms with Crippen LogP contribution >= 0.6 is 0 Å². The average molecular weight is 277 g/mol. The van der Waals surface area contributed by atoms with Crippen molar-refractivity contribution in [2.45, 2.75) is 32.2 Å². The molecule has 0 aliphatic heterocycles. The monoisotopic (exact) mass is 277 g/mol. The van der Waals surface area contributed by atoms with Crippen LogP contribution in [0.1, 0.15) is 36.4 Å². The molecule has 3 saturated carbocycles. The lowest BCUT2D eigenvalue weighted by Gasteiger charge is -2.21. The normalized spacial score (nSPS) is 38.9. The van der Waals surface area contributed by atoms with Crippen molar-refractivity contribution < 1.29 is 8.78 Å². The van der Waals surface area contributed by atoms with Crippen molar-refractivity contribution in [2.24, 2.45) is 29.6 Å². The second kappa shape index (κ2) is 4.27. The SMILES string of the molecule is CNC(c1ccc(C)c(F)c1F)C1C2C3CCC(C3)C21. The summed E-state index contributed by atoms with van der Waals surface area (Å²) in [6, 6.07) is 3.44. The number of fused-ring (bicyclic) bond motifs is 5. The number of rotatable bonds is 3. The molecule has 1 nitrogen and oxygen atoms in total. The number of aryl methyl sites for hydroxylation is 1. The fourth-order valence-corrected chi connectivity index (χ4v) is 5.29. The summed E-state index contributed by atoms with van der Waals surface area (Å²) in [5.74, 6) is 2.40. The molecule has 1 aromatic rings. The van der Waals surface area contributed by atoms with Gasteiger partial charge in [0.2, 0.25) is 0 Å². The zero-order chi connectivity index (χ0) is 14.0. The van der Waals surface area contributed by atoms with Crippen LogP contribution in [0.25, 0.3) is 0 Å². The van der Waals surface area contributed by atoms with Gasteiger partial charge in [0.25, 0.3) is 0 Å². The number of hydrogen-bond donors (Lipinski definition) is 1. The highest BCUT2D eigenvalue weighted by Gasteiger charge is 2.66. The third-order valence-electron chi connectivity index (χ3n) is 6.13. The van der Waals surface area contributed by atoms with E-state index in [1.807, 2.05) is 7.05 Å². The first kappa shape index (κ1) is 12.8. The van der Waals surface area contributed by atoms with Crippen LogP contribution in [0.15, 0.2) is 12.1 Å². The fourth-order valence-electron chi connectivity index (χ4n) is 5.29. The van der Waals surface area contributed by atoms with Crippen molar-refractivity contribution in [3.63, 3.8) is 0 Å². The Morgan fingerprint density at radius 1 is 1.10 bits per heavy atom. The summed E-state index contributed by atoms with van der Waals surface area (Å²) >= 11 is 0. The van der Waals surface area contributed by atoms with E-state index in [0.29, 0.717) is 17.0 Å². The predicted molar refractivity (Wildman–Crippen MR) is 74.2 cm³/mol. The zero-order valence-corrected chi connectivity index (χ0v) is 12.0. The third kappa shape index (κ3) is 1.56. The van der Waals surface area contributed by atoms with Gasteiger partial charge in [-0.25, -0.2) is 8.78 Å². The Balaban J connectivity index is 1.66. The lowest BCUT2D eigenvalue weighted by molar-refractivity contribution is 0.371. The molecular weight excluding hydrogens is 256 g/mol. The minimum Gasteiger partial charge on any atom is -0.313 e.